The first-order valence-corrected chi connectivity index (χ1v) is 11.8. The Bertz CT molecular complexity index is 1110. The molecule has 0 spiro atoms. The fraction of sp³-hybridized carbons (Fsp3) is 0.276. The van der Waals surface area contributed by atoms with Gasteiger partial charge in [0.1, 0.15) is 18.1 Å². The minimum Gasteiger partial charge on any atom is -0.492 e. The van der Waals surface area contributed by atoms with Gasteiger partial charge in [-0.2, -0.15) is 0 Å². The van der Waals surface area contributed by atoms with Gasteiger partial charge in [0.2, 0.25) is 0 Å². The highest BCUT2D eigenvalue weighted by Crippen LogP contribution is 2.31. The highest BCUT2D eigenvalue weighted by molar-refractivity contribution is 6.31. The van der Waals surface area contributed by atoms with Crippen molar-refractivity contribution in [2.45, 2.75) is 6.42 Å². The van der Waals surface area contributed by atoms with Crippen molar-refractivity contribution < 1.29 is 24.1 Å². The van der Waals surface area contributed by atoms with E-state index in [1.165, 1.54) is 0 Å². The number of aliphatic hydroxyl groups is 1. The summed E-state index contributed by atoms with van der Waals surface area (Å²) in [5.41, 5.74) is 3.48. The summed E-state index contributed by atoms with van der Waals surface area (Å²) in [5, 5.41) is 12.8. The number of nitrogens with one attached hydrogen (secondary N) is 1. The van der Waals surface area contributed by atoms with E-state index in [1.54, 1.807) is 19.2 Å². The van der Waals surface area contributed by atoms with E-state index in [0.717, 1.165) is 23.4 Å². The Balaban J connectivity index is 1.91. The molecule has 1 amide bonds. The lowest BCUT2D eigenvalue weighted by atomic mass is 9.92. The van der Waals surface area contributed by atoms with Crippen LogP contribution in [0.3, 0.4) is 0 Å². The molecule has 36 heavy (non-hydrogen) atoms. The lowest BCUT2D eigenvalue weighted by Crippen LogP contribution is -2.19. The molecule has 0 radical (unpaired) electrons. The van der Waals surface area contributed by atoms with Crippen LogP contribution in [0.2, 0.25) is 0 Å². The number of carbonyl (C=O) groups excluding carboxylic acids is 1. The predicted octanol–water partition coefficient (Wildman–Crippen LogP) is 4.54. The van der Waals surface area contributed by atoms with Crippen LogP contribution in [0.25, 0.3) is 11.1 Å². The molecule has 0 aliphatic rings. The van der Waals surface area contributed by atoms with E-state index in [4.69, 9.17) is 14.2 Å². The maximum atomic E-state index is 13.7. The van der Waals surface area contributed by atoms with Crippen LogP contribution in [-0.4, -0.2) is 63.7 Å². The van der Waals surface area contributed by atoms with E-state index < -0.39 is 0 Å². The first kappa shape index (κ1) is 26.9. The third kappa shape index (κ3) is 7.95. The number of aliphatic hydroxyl groups excluding tert-OH is 1. The maximum Gasteiger partial charge on any atom is 0.256 e. The Hall–Kier alpha value is -3.65. The molecule has 0 unspecified atom stereocenters. The first-order valence-electron chi connectivity index (χ1n) is 11.8. The second-order valence-corrected chi connectivity index (χ2v) is 8.40. The number of rotatable bonds is 13. The number of likely N-dealkylation sites (N-methyl/N-ethyl adjacent to an activating group) is 1. The van der Waals surface area contributed by atoms with Crippen LogP contribution in [0.15, 0.2) is 78.9 Å². The topological polar surface area (TPSA) is 80.3 Å². The molecular formula is C29H34N2O5. The van der Waals surface area contributed by atoms with E-state index in [-0.39, 0.29) is 19.3 Å². The summed E-state index contributed by atoms with van der Waals surface area (Å²) in [6.07, 6.45) is 0.327. The summed E-state index contributed by atoms with van der Waals surface area (Å²) in [4.78, 5) is 15.7. The summed E-state index contributed by atoms with van der Waals surface area (Å²) in [7, 11) is 5.55. The summed E-state index contributed by atoms with van der Waals surface area (Å²) < 4.78 is 16.2. The van der Waals surface area contributed by atoms with Gasteiger partial charge in [-0.05, 0) is 73.6 Å². The molecular weight excluding hydrogens is 456 g/mol. The largest absolute Gasteiger partial charge is 0.492 e. The minimum atomic E-state index is -0.269. The molecule has 3 rings (SSSR count). The predicted molar refractivity (Wildman–Crippen MR) is 143 cm³/mol. The van der Waals surface area contributed by atoms with Crippen molar-refractivity contribution in [1.82, 2.24) is 4.90 Å². The van der Waals surface area contributed by atoms with Crippen molar-refractivity contribution in [3.63, 3.8) is 0 Å². The van der Waals surface area contributed by atoms with Gasteiger partial charge < -0.3 is 29.5 Å². The highest BCUT2D eigenvalue weighted by atomic mass is 16.7. The Kier molecular flexibility index (Phi) is 10.5. The first-order chi connectivity index (χ1) is 17.5. The molecule has 0 bridgehead atoms. The zero-order valence-electron chi connectivity index (χ0n) is 21.1. The number of benzene rings is 3. The Morgan fingerprint density at radius 2 is 1.50 bits per heavy atom. The Morgan fingerprint density at radius 1 is 0.861 bits per heavy atom. The normalized spacial score (nSPS) is 11.7. The van der Waals surface area contributed by atoms with Crippen LogP contribution in [-0.2, 0) is 9.53 Å². The van der Waals surface area contributed by atoms with Gasteiger partial charge in [-0.3, -0.25) is 4.79 Å². The number of ether oxygens (including phenoxy) is 3. The van der Waals surface area contributed by atoms with Gasteiger partial charge in [-0.15, -0.1) is 0 Å². The van der Waals surface area contributed by atoms with E-state index in [2.05, 4.69) is 10.2 Å². The molecule has 7 heteroatoms. The minimum absolute atomic E-state index is 0.0883. The van der Waals surface area contributed by atoms with Gasteiger partial charge in [0.25, 0.3) is 5.91 Å². The summed E-state index contributed by atoms with van der Waals surface area (Å²) in [5.74, 6) is 1.10. The molecule has 0 saturated heterocycles. The third-order valence-electron chi connectivity index (χ3n) is 5.42. The van der Waals surface area contributed by atoms with Gasteiger partial charge >= 0.3 is 0 Å². The van der Waals surface area contributed by atoms with Gasteiger partial charge in [0.15, 0.2) is 6.79 Å². The van der Waals surface area contributed by atoms with E-state index in [1.807, 2.05) is 80.8 Å². The quantitative estimate of drug-likeness (QED) is 0.208. The molecule has 0 aliphatic carbocycles. The van der Waals surface area contributed by atoms with Crippen LogP contribution in [0.4, 0.5) is 5.69 Å². The third-order valence-corrected chi connectivity index (χ3v) is 5.42. The molecule has 7 nitrogen and oxygen atoms in total. The van der Waals surface area contributed by atoms with Crippen LogP contribution in [0.1, 0.15) is 17.5 Å². The Morgan fingerprint density at radius 3 is 2.11 bits per heavy atom. The number of anilines is 1. The number of carbonyl (C=O) groups is 1. The van der Waals surface area contributed by atoms with E-state index >= 15 is 0 Å². The lowest BCUT2D eigenvalue weighted by molar-refractivity contribution is -0.111. The number of nitrogens with zero attached hydrogens (tertiary/aromatic N) is 1. The molecule has 0 heterocycles. The summed E-state index contributed by atoms with van der Waals surface area (Å²) in [6, 6.07) is 24.2. The fourth-order valence-corrected chi connectivity index (χ4v) is 3.63. The molecule has 0 atom stereocenters. The molecule has 0 aliphatic heterocycles. The van der Waals surface area contributed by atoms with Crippen molar-refractivity contribution in [1.29, 1.82) is 0 Å². The fourth-order valence-electron chi connectivity index (χ4n) is 3.63. The molecule has 3 aromatic carbocycles. The van der Waals surface area contributed by atoms with Gasteiger partial charge in [-0.1, -0.05) is 42.5 Å². The summed E-state index contributed by atoms with van der Waals surface area (Å²) in [6.45, 7) is 1.44. The van der Waals surface area contributed by atoms with Crippen LogP contribution >= 0.6 is 0 Å². The van der Waals surface area contributed by atoms with Gasteiger partial charge in [0, 0.05) is 25.9 Å². The van der Waals surface area contributed by atoms with Crippen molar-refractivity contribution in [3.05, 3.63) is 90.0 Å². The second-order valence-electron chi connectivity index (χ2n) is 8.40. The number of methoxy groups -OCH3 is 1. The molecule has 190 valence electrons. The standard InChI is InChI=1S/C29H34N2O5/c1-31(2)18-20-35-25-15-11-24(12-16-25)30-29(33)28(23-9-13-26(14-10-23)36-21-34-3)27(17-19-32)22-7-5-4-6-8-22/h4-16,32H,17-21H2,1-3H3,(H,30,33). The lowest BCUT2D eigenvalue weighted by Gasteiger charge is -2.17. The zero-order chi connectivity index (χ0) is 25.8. The van der Waals surface area contributed by atoms with Crippen LogP contribution < -0.4 is 14.8 Å². The zero-order valence-corrected chi connectivity index (χ0v) is 21.1. The van der Waals surface area contributed by atoms with Crippen molar-refractivity contribution in [2.24, 2.45) is 0 Å². The molecule has 2 N–H and O–H groups in total. The van der Waals surface area contributed by atoms with Crippen LogP contribution in [0, 0.1) is 0 Å². The maximum absolute atomic E-state index is 13.7. The number of amides is 1. The molecule has 0 aromatic heterocycles. The van der Waals surface area contributed by atoms with Crippen molar-refractivity contribution in [3.8, 4) is 11.5 Å². The van der Waals surface area contributed by atoms with Crippen molar-refractivity contribution >= 4 is 22.7 Å². The monoisotopic (exact) mass is 490 g/mol. The number of hydrogen-bond acceptors (Lipinski definition) is 6. The average molecular weight is 491 g/mol. The summed E-state index contributed by atoms with van der Waals surface area (Å²) >= 11 is 0. The van der Waals surface area contributed by atoms with E-state index in [0.29, 0.717) is 35.6 Å². The SMILES string of the molecule is COCOc1ccc(C(C(=O)Nc2ccc(OCCN(C)C)cc2)=C(CCO)c2ccccc2)cc1. The second kappa shape index (κ2) is 14.0. The highest BCUT2D eigenvalue weighted by Gasteiger charge is 2.19. The number of hydrogen-bond donors (Lipinski definition) is 2. The smallest absolute Gasteiger partial charge is 0.256 e. The average Bonchev–Trinajstić information content (AvgIpc) is 2.89. The molecule has 0 fully saturated rings. The van der Waals surface area contributed by atoms with Crippen molar-refractivity contribution in [2.75, 3.05) is 53.1 Å². The van der Waals surface area contributed by atoms with Gasteiger partial charge in [0.05, 0.1) is 5.57 Å². The van der Waals surface area contributed by atoms with E-state index in [9.17, 15) is 9.90 Å². The van der Waals surface area contributed by atoms with Crippen LogP contribution in [0.5, 0.6) is 11.5 Å². The Labute approximate surface area is 212 Å². The molecule has 0 saturated carbocycles. The molecule has 3 aromatic rings. The van der Waals surface area contributed by atoms with Gasteiger partial charge in [-0.25, -0.2) is 0 Å².